The zero-order chi connectivity index (χ0) is 22.4. The molecule has 3 aromatic rings. The Balaban J connectivity index is 1.72. The van der Waals surface area contributed by atoms with Gasteiger partial charge in [-0.15, -0.1) is 0 Å². The van der Waals surface area contributed by atoms with Gasteiger partial charge in [0.25, 0.3) is 0 Å². The number of anilines is 2. The van der Waals surface area contributed by atoms with Gasteiger partial charge in [-0.2, -0.15) is 0 Å². The molecule has 0 radical (unpaired) electrons. The average Bonchev–Trinajstić information content (AvgIpc) is 2.73. The molecule has 3 N–H and O–H groups in total. The predicted molar refractivity (Wildman–Crippen MR) is 118 cm³/mol. The fraction of sp³-hybridized carbons (Fsp3) is 0.286. The van der Waals surface area contributed by atoms with Crippen LogP contribution in [0.1, 0.15) is 25.5 Å². The van der Waals surface area contributed by atoms with Crippen LogP contribution in [0.5, 0.6) is 5.75 Å². The number of halogens is 1. The number of amidine groups is 1. The molecule has 2 aromatic heterocycles. The normalized spacial score (nSPS) is 19.6. The molecule has 31 heavy (non-hydrogen) atoms. The molecule has 10 heteroatoms. The summed E-state index contributed by atoms with van der Waals surface area (Å²) in [6, 6.07) is 7.03. The molecule has 0 spiro atoms. The van der Waals surface area contributed by atoms with E-state index in [1.165, 1.54) is 32.0 Å². The number of hydrogen-bond donors (Lipinski definition) is 2. The molecular weight excluding hydrogens is 421 g/mol. The number of aliphatic imine (C=N–C) groups is 1. The van der Waals surface area contributed by atoms with Crippen molar-refractivity contribution in [1.29, 1.82) is 0 Å². The maximum atomic E-state index is 14.6. The molecule has 0 saturated heterocycles. The fourth-order valence-electron chi connectivity index (χ4n) is 3.35. The van der Waals surface area contributed by atoms with Crippen LogP contribution in [-0.4, -0.2) is 41.8 Å². The van der Waals surface area contributed by atoms with E-state index < -0.39 is 26.4 Å². The lowest BCUT2D eigenvalue weighted by Crippen LogP contribution is -2.50. The molecule has 1 unspecified atom stereocenters. The molecule has 8 nitrogen and oxygen atoms in total. The number of fused-ring (bicyclic) bond motifs is 1. The molecule has 1 aromatic carbocycles. The lowest BCUT2D eigenvalue weighted by atomic mass is 10.1. The van der Waals surface area contributed by atoms with Crippen LogP contribution in [0.4, 0.5) is 15.9 Å². The van der Waals surface area contributed by atoms with E-state index in [4.69, 9.17) is 10.5 Å². The van der Waals surface area contributed by atoms with Crippen molar-refractivity contribution in [2.75, 3.05) is 18.2 Å². The second kappa shape index (κ2) is 7.45. The Labute approximate surface area is 179 Å². The quantitative estimate of drug-likeness (QED) is 0.636. The van der Waals surface area contributed by atoms with Gasteiger partial charge in [0.1, 0.15) is 27.7 Å². The predicted octanol–water partition coefficient (Wildman–Crippen LogP) is 3.13. The number of benzene rings is 1. The van der Waals surface area contributed by atoms with Gasteiger partial charge in [-0.05, 0) is 44.2 Å². The summed E-state index contributed by atoms with van der Waals surface area (Å²) in [6.07, 6.45) is 3.20. The van der Waals surface area contributed by atoms with Crippen LogP contribution in [-0.2, 0) is 9.84 Å². The molecule has 0 amide bonds. The third-order valence-corrected chi connectivity index (χ3v) is 8.01. The van der Waals surface area contributed by atoms with Gasteiger partial charge in [-0.1, -0.05) is 0 Å². The van der Waals surface area contributed by atoms with E-state index in [0.717, 1.165) is 5.39 Å². The van der Waals surface area contributed by atoms with E-state index in [1.807, 2.05) is 6.07 Å². The fourth-order valence-corrected chi connectivity index (χ4v) is 4.81. The van der Waals surface area contributed by atoms with E-state index >= 15 is 0 Å². The second-order valence-electron chi connectivity index (χ2n) is 7.79. The van der Waals surface area contributed by atoms with Crippen molar-refractivity contribution in [1.82, 2.24) is 9.97 Å². The van der Waals surface area contributed by atoms with Crippen LogP contribution in [0.15, 0.2) is 47.7 Å². The maximum absolute atomic E-state index is 14.6. The topological polar surface area (TPSA) is 120 Å². The number of nitrogens with zero attached hydrogens (tertiary/aromatic N) is 3. The van der Waals surface area contributed by atoms with Crippen molar-refractivity contribution in [2.24, 2.45) is 10.7 Å². The minimum absolute atomic E-state index is 0.0321. The van der Waals surface area contributed by atoms with Gasteiger partial charge >= 0.3 is 0 Å². The maximum Gasteiger partial charge on any atom is 0.165 e. The number of nitrogens with one attached hydrogen (secondary N) is 1. The summed E-state index contributed by atoms with van der Waals surface area (Å²) in [7, 11) is -2.05. The molecule has 0 bridgehead atoms. The van der Waals surface area contributed by atoms with Crippen molar-refractivity contribution in [3.63, 3.8) is 0 Å². The molecule has 0 aliphatic carbocycles. The number of rotatable bonds is 4. The number of hydrogen-bond acceptors (Lipinski definition) is 8. The molecule has 0 fully saturated rings. The van der Waals surface area contributed by atoms with E-state index in [0.29, 0.717) is 22.8 Å². The lowest BCUT2D eigenvalue weighted by molar-refractivity contribution is 0.414. The summed E-state index contributed by atoms with van der Waals surface area (Å²) in [5, 5.41) is 3.95. The molecular formula is C21H22FN5O3S. The Hall–Kier alpha value is -3.27. The first-order valence-corrected chi connectivity index (χ1v) is 11.2. The molecule has 1 aliphatic rings. The highest BCUT2D eigenvalue weighted by atomic mass is 32.2. The van der Waals surface area contributed by atoms with Gasteiger partial charge in [-0.25, -0.2) is 22.8 Å². The molecule has 1 aliphatic heterocycles. The monoisotopic (exact) mass is 443 g/mol. The summed E-state index contributed by atoms with van der Waals surface area (Å²) in [5.41, 5.74) is 7.19. The van der Waals surface area contributed by atoms with Crippen LogP contribution in [0.3, 0.4) is 0 Å². The van der Waals surface area contributed by atoms with Crippen molar-refractivity contribution in [3.05, 3.63) is 54.1 Å². The van der Waals surface area contributed by atoms with E-state index in [1.54, 1.807) is 25.6 Å². The highest BCUT2D eigenvalue weighted by Crippen LogP contribution is 2.34. The number of sulfone groups is 1. The van der Waals surface area contributed by atoms with Crippen molar-refractivity contribution in [2.45, 2.75) is 24.6 Å². The summed E-state index contributed by atoms with van der Waals surface area (Å²) >= 11 is 0. The van der Waals surface area contributed by atoms with Gasteiger partial charge in [0.15, 0.2) is 15.7 Å². The zero-order valence-electron chi connectivity index (χ0n) is 17.3. The van der Waals surface area contributed by atoms with Gasteiger partial charge < -0.3 is 15.8 Å². The number of methoxy groups -OCH3 is 1. The standard InChI is InChI=1S/C21H22FN5O3S/c1-21(2)20(23)27-17(11-31(21,28)29)15-9-13(4-5-16(15)22)26-19-18-12(6-7-24-19)8-14(30-3)10-25-18/h4-10,17H,11H2,1-3H3,(H2,23,27)(H,24,26). The van der Waals surface area contributed by atoms with Crippen molar-refractivity contribution in [3.8, 4) is 5.75 Å². The number of aromatic nitrogens is 2. The first-order valence-electron chi connectivity index (χ1n) is 9.53. The summed E-state index contributed by atoms with van der Waals surface area (Å²) < 4.78 is 43.9. The minimum atomic E-state index is -3.61. The molecule has 3 heterocycles. The number of ether oxygens (including phenoxy) is 1. The highest BCUT2D eigenvalue weighted by Gasteiger charge is 2.44. The van der Waals surface area contributed by atoms with Gasteiger partial charge in [0, 0.05) is 22.8 Å². The molecule has 4 rings (SSSR count). The van der Waals surface area contributed by atoms with Crippen LogP contribution in [0, 0.1) is 5.82 Å². The third kappa shape index (κ3) is 3.67. The first kappa shape index (κ1) is 21.0. The van der Waals surface area contributed by atoms with E-state index in [9.17, 15) is 12.8 Å². The summed E-state index contributed by atoms with van der Waals surface area (Å²) in [4.78, 5) is 13.0. The summed E-state index contributed by atoms with van der Waals surface area (Å²) in [6.45, 7) is 3.00. The van der Waals surface area contributed by atoms with Gasteiger partial charge in [-0.3, -0.25) is 4.99 Å². The smallest absolute Gasteiger partial charge is 0.165 e. The summed E-state index contributed by atoms with van der Waals surface area (Å²) in [5.74, 6) is 0.171. The lowest BCUT2D eigenvalue weighted by Gasteiger charge is -2.32. The Kier molecular flexibility index (Phi) is 5.04. The Morgan fingerprint density at radius 2 is 2.00 bits per heavy atom. The molecule has 162 valence electrons. The largest absolute Gasteiger partial charge is 0.495 e. The Morgan fingerprint density at radius 1 is 1.23 bits per heavy atom. The van der Waals surface area contributed by atoms with E-state index in [2.05, 4.69) is 20.3 Å². The minimum Gasteiger partial charge on any atom is -0.495 e. The SMILES string of the molecule is COc1cnc2c(Nc3ccc(F)c(C4CS(=O)(=O)C(C)(C)C(N)=N4)c3)nccc2c1. The van der Waals surface area contributed by atoms with Crippen molar-refractivity contribution < 1.29 is 17.5 Å². The molecule has 0 saturated carbocycles. The van der Waals surface area contributed by atoms with E-state index in [-0.39, 0.29) is 17.2 Å². The Bertz CT molecular complexity index is 1310. The van der Waals surface area contributed by atoms with Gasteiger partial charge in [0.2, 0.25) is 0 Å². The average molecular weight is 444 g/mol. The zero-order valence-corrected chi connectivity index (χ0v) is 18.1. The first-order chi connectivity index (χ1) is 14.6. The second-order valence-corrected chi connectivity index (χ2v) is 10.4. The Morgan fingerprint density at radius 3 is 2.71 bits per heavy atom. The third-order valence-electron chi connectivity index (χ3n) is 5.49. The van der Waals surface area contributed by atoms with Crippen LogP contribution in [0.25, 0.3) is 10.9 Å². The van der Waals surface area contributed by atoms with Crippen molar-refractivity contribution >= 4 is 38.1 Å². The highest BCUT2D eigenvalue weighted by molar-refractivity contribution is 7.93. The number of pyridine rings is 2. The molecule has 1 atom stereocenters. The van der Waals surface area contributed by atoms with Crippen LogP contribution < -0.4 is 15.8 Å². The van der Waals surface area contributed by atoms with Crippen LogP contribution in [0.2, 0.25) is 0 Å². The van der Waals surface area contributed by atoms with Crippen LogP contribution >= 0.6 is 0 Å². The number of nitrogens with two attached hydrogens (primary N) is 1. The van der Waals surface area contributed by atoms with Gasteiger partial charge in [0.05, 0.1) is 25.1 Å².